The SMILES string of the molecule is CC(=O)Nc1ccccc1OCC1CCNCC1.CC(=O)c1ccccc1OCC1CCNCC1.COC(=O)c1ccccc1OCC1CCNCC1.CS(=O)(=O)Nc1ccccc1OCC1CCNCC1.Cl.Cl.Cl.Cl.Cl.Cl.NC(=O)c1ccccc1OCC1CCNCC1.O=C(CCc1ccccc1F)C1CCNCC1.O=C(Cc1ccccc1-c1cccnc1)C1CCNCC1.O=[N+]([O-])c1ccccc1OCC1CCNCC1. The van der Waals surface area contributed by atoms with Crippen molar-refractivity contribution in [2.75, 3.05) is 168 Å². The quantitative estimate of drug-likeness (QED) is 0.00787. The number of hydrogen-bond acceptors (Lipinski definition) is 26. The number of benzene rings is 8. The van der Waals surface area contributed by atoms with E-state index in [1.54, 1.807) is 85.9 Å². The zero-order valence-electron chi connectivity index (χ0n) is 86.5. The molecule has 30 nitrogen and oxygen atoms in total. The highest BCUT2D eigenvalue weighted by Gasteiger charge is 2.27. The first-order valence-corrected chi connectivity index (χ1v) is 53.0. The van der Waals surface area contributed by atoms with Crippen molar-refractivity contribution in [3.8, 4) is 45.6 Å². The molecule has 0 radical (unpaired) electrons. The third-order valence-corrected chi connectivity index (χ3v) is 26.9. The molecule has 8 aliphatic heterocycles. The van der Waals surface area contributed by atoms with Crippen molar-refractivity contribution >= 4 is 137 Å². The molecule has 9 heterocycles. The number of amides is 2. The minimum Gasteiger partial charge on any atom is -0.493 e. The Balaban J connectivity index is 0.000000355. The van der Waals surface area contributed by atoms with E-state index in [0.29, 0.717) is 145 Å². The molecule has 0 unspecified atom stereocenters. The van der Waals surface area contributed by atoms with Crippen LogP contribution in [0.5, 0.6) is 34.5 Å². The first kappa shape index (κ1) is 132. The fourth-order valence-electron chi connectivity index (χ4n) is 17.8. The summed E-state index contributed by atoms with van der Waals surface area (Å²) in [7, 11) is -1.90. The second kappa shape index (κ2) is 75.4. The van der Waals surface area contributed by atoms with Crippen LogP contribution in [0.25, 0.3) is 11.1 Å². The summed E-state index contributed by atoms with van der Waals surface area (Å²) in [4.78, 5) is 84.3. The maximum Gasteiger partial charge on any atom is 0.341 e. The Hall–Kier alpha value is -10.4. The first-order valence-electron chi connectivity index (χ1n) is 51.1. The number of carbonyl (C=O) groups is 6. The number of rotatable bonds is 33. The number of pyridine rings is 1. The summed E-state index contributed by atoms with van der Waals surface area (Å²) >= 11 is 0. The highest BCUT2D eigenvalue weighted by molar-refractivity contribution is 7.92. The summed E-state index contributed by atoms with van der Waals surface area (Å²) in [6.45, 7) is 23.3. The summed E-state index contributed by atoms with van der Waals surface area (Å²) in [5.41, 5.74) is 12.2. The molecule has 1 aromatic heterocycles. The van der Waals surface area contributed by atoms with Crippen LogP contribution in [0.1, 0.15) is 165 Å². The summed E-state index contributed by atoms with van der Waals surface area (Å²) in [6.07, 6.45) is 23.5. The number of halogens is 7. The van der Waals surface area contributed by atoms with E-state index in [2.05, 4.69) is 69.7 Å². The zero-order chi connectivity index (χ0) is 102. The highest BCUT2D eigenvalue weighted by Crippen LogP contribution is 2.33. The van der Waals surface area contributed by atoms with Crippen LogP contribution >= 0.6 is 74.4 Å². The molecule has 9 aromatic rings. The van der Waals surface area contributed by atoms with Gasteiger partial charge < -0.3 is 86.7 Å². The van der Waals surface area contributed by atoms with Crippen molar-refractivity contribution in [2.24, 2.45) is 53.1 Å². The first-order chi connectivity index (χ1) is 70.0. The molecule has 2 amide bonds. The van der Waals surface area contributed by atoms with Crippen LogP contribution in [-0.2, 0) is 42.0 Å². The van der Waals surface area contributed by atoms with Gasteiger partial charge in [-0.15, -0.1) is 74.4 Å². The molecule has 38 heteroatoms. The average Bonchev–Trinajstić information content (AvgIpc) is 0.810. The largest absolute Gasteiger partial charge is 0.493 e. The predicted molar refractivity (Wildman–Crippen MR) is 607 cm³/mol. The van der Waals surface area contributed by atoms with E-state index in [4.69, 9.17) is 38.9 Å². The van der Waals surface area contributed by atoms with Gasteiger partial charge in [0.1, 0.15) is 51.7 Å². The monoisotopic (exact) mass is 2220 g/mol. The number of nitro benzene ring substituents is 1. The van der Waals surface area contributed by atoms with Gasteiger partial charge in [-0.2, -0.15) is 0 Å². The number of nitrogens with zero attached hydrogens (tertiary/aromatic N) is 2. The summed E-state index contributed by atoms with van der Waals surface area (Å²) in [5.74, 6) is 7.07. The number of ketones is 3. The molecule has 0 spiro atoms. The molecule has 17 rings (SSSR count). The number of hydrogen-bond donors (Lipinski definition) is 11. The van der Waals surface area contributed by atoms with Crippen molar-refractivity contribution in [3.63, 3.8) is 0 Å². The Kier molecular flexibility index (Phi) is 66.3. The summed E-state index contributed by atoms with van der Waals surface area (Å²) < 4.78 is 77.6. The van der Waals surface area contributed by atoms with Gasteiger partial charge in [0, 0.05) is 55.6 Å². The van der Waals surface area contributed by atoms with Crippen LogP contribution < -0.4 is 86.7 Å². The van der Waals surface area contributed by atoms with Gasteiger partial charge in [-0.05, 0) is 352 Å². The number of piperidine rings is 8. The third kappa shape index (κ3) is 49.6. The molecule has 0 bridgehead atoms. The lowest BCUT2D eigenvalue weighted by molar-refractivity contribution is -0.385. The predicted octanol–water partition coefficient (Wildman–Crippen LogP) is 18.4. The number of para-hydroxylation sites is 9. The number of carbonyl (C=O) groups excluding carboxylic acids is 6. The normalized spacial score (nSPS) is 15.9. The van der Waals surface area contributed by atoms with Crippen molar-refractivity contribution in [2.45, 2.75) is 136 Å². The lowest BCUT2D eigenvalue weighted by atomic mass is 9.88. The van der Waals surface area contributed by atoms with Crippen molar-refractivity contribution < 1.29 is 79.7 Å². The molecular weight excluding hydrogens is 2060 g/mol. The van der Waals surface area contributed by atoms with Crippen LogP contribution in [0, 0.1) is 63.3 Å². The van der Waals surface area contributed by atoms with Gasteiger partial charge in [-0.25, -0.2) is 17.6 Å². The number of methoxy groups -OCH3 is 1. The van der Waals surface area contributed by atoms with E-state index >= 15 is 0 Å². The van der Waals surface area contributed by atoms with Gasteiger partial charge >= 0.3 is 11.7 Å². The van der Waals surface area contributed by atoms with Gasteiger partial charge in [-0.3, -0.25) is 43.8 Å². The highest BCUT2D eigenvalue weighted by atomic mass is 35.5. The minimum atomic E-state index is -3.28. The Morgan fingerprint density at radius 1 is 0.400 bits per heavy atom. The number of nitro groups is 1. The van der Waals surface area contributed by atoms with E-state index in [1.807, 2.05) is 115 Å². The zero-order valence-corrected chi connectivity index (χ0v) is 92.3. The lowest BCUT2D eigenvalue weighted by Gasteiger charge is -2.23. The number of nitrogens with two attached hydrogens (primary N) is 1. The van der Waals surface area contributed by atoms with Crippen LogP contribution in [0.4, 0.5) is 21.5 Å². The molecular formula is C112H156Cl6FN13O17S. The van der Waals surface area contributed by atoms with Crippen LogP contribution in [0.3, 0.4) is 0 Å². The number of nitrogens with one attached hydrogen (secondary N) is 10. The molecule has 8 fully saturated rings. The molecule has 0 atom stereocenters. The number of sulfonamides is 1. The summed E-state index contributed by atoms with van der Waals surface area (Å²) in [6, 6.07) is 61.8. The van der Waals surface area contributed by atoms with E-state index in [1.165, 1.54) is 26.2 Å². The number of Topliss-reactive ketones (excluding diaryl/α,β-unsaturated/α-hetero) is 3. The van der Waals surface area contributed by atoms with Gasteiger partial charge in [0.2, 0.25) is 15.9 Å². The third-order valence-electron chi connectivity index (χ3n) is 26.3. The Bertz CT molecular complexity index is 5310. The number of primary amides is 1. The molecule has 826 valence electrons. The molecule has 8 aliphatic rings. The smallest absolute Gasteiger partial charge is 0.341 e. The molecule has 0 aliphatic carbocycles. The number of anilines is 2. The Morgan fingerprint density at radius 3 is 1.12 bits per heavy atom. The van der Waals surface area contributed by atoms with E-state index in [9.17, 15) is 51.7 Å². The van der Waals surface area contributed by atoms with Gasteiger partial charge in [0.15, 0.2) is 11.5 Å². The average molecular weight is 2220 g/mol. The van der Waals surface area contributed by atoms with Crippen molar-refractivity contribution in [3.05, 3.63) is 262 Å². The second-order valence-electron chi connectivity index (χ2n) is 37.3. The number of aryl methyl sites for hydroxylation is 1. The van der Waals surface area contributed by atoms with E-state index in [-0.39, 0.29) is 121 Å². The van der Waals surface area contributed by atoms with E-state index < -0.39 is 20.9 Å². The summed E-state index contributed by atoms with van der Waals surface area (Å²) in [5, 5.41) is 40.0. The fourth-order valence-corrected chi connectivity index (χ4v) is 18.4. The molecule has 8 aromatic carbocycles. The molecule has 8 saturated heterocycles. The second-order valence-corrected chi connectivity index (χ2v) is 39.1. The number of ether oxygens (including phenoxy) is 7. The van der Waals surface area contributed by atoms with Gasteiger partial charge in [0.05, 0.1) is 80.4 Å². The van der Waals surface area contributed by atoms with Crippen LogP contribution in [-0.4, -0.2) is 211 Å². The molecule has 150 heavy (non-hydrogen) atoms. The molecule has 12 N–H and O–H groups in total. The van der Waals surface area contributed by atoms with Crippen LogP contribution in [0.15, 0.2) is 219 Å². The lowest BCUT2D eigenvalue weighted by Crippen LogP contribution is -2.32. The number of aromatic nitrogens is 1. The van der Waals surface area contributed by atoms with Crippen LogP contribution in [0.2, 0.25) is 0 Å². The fraction of sp³-hybridized carbons (Fsp3) is 0.473. The molecule has 0 saturated carbocycles. The van der Waals surface area contributed by atoms with Crippen molar-refractivity contribution in [1.29, 1.82) is 0 Å². The van der Waals surface area contributed by atoms with Gasteiger partial charge in [-0.1, -0.05) is 121 Å². The maximum absolute atomic E-state index is 13.4. The maximum atomic E-state index is 13.4. The van der Waals surface area contributed by atoms with E-state index in [0.717, 1.165) is 254 Å². The Morgan fingerprint density at radius 2 is 0.727 bits per heavy atom. The van der Waals surface area contributed by atoms with Gasteiger partial charge in [0.25, 0.3) is 5.91 Å². The Labute approximate surface area is 922 Å². The number of esters is 1. The minimum absolute atomic E-state index is 0. The van der Waals surface area contributed by atoms with Crippen molar-refractivity contribution in [1.82, 2.24) is 47.5 Å². The standard InChI is InChI=1S/C18H20N2O.C14H18FNO.C14H20N2O2.C14H19NO3.C14H19NO2.C13H20N2O3S.C13H18N2O2.C12H16N2O3.6ClH/c21-18(14-7-10-19-11-8-14)12-15-4-1-2-6-17(15)16-5-3-9-20-13-16;15-13-4-2-1-3-11(13)5-6-14(17)12-7-9-16-10-8-12;1-11(17)16-13-4-2-3-5-14(13)18-10-12-6-8-15-9-7-12;1-17-14(16)12-4-2-3-5-13(12)18-10-11-6-8-15-9-7-11;1-11(16)13-4-2-3-5-14(13)17-10-12-6-8-15-9-7-12;1-19(16,17)15-12-4-2-3-5-13(12)18-10-11-6-8-14-9-7-11;14-13(16)11-3-1-2-4-12(11)17-9-10-5-7-15-8-6-10;15-14(16)11-3-1-2-4-12(11)17-9-10-5-7-13-8-6-10;;;;;;/h1-6,9,13-14,19H,7-8,10-12H2;1-4,12,16H,5-10H2;2-5,12,15H,6-10H2,1H3,(H,16,17);2-5,11,15H,6-10H2,1H3;2-5,12,15H,6-10H2,1H3;2-5,11,14-15H,6-10H2,1H3;1-4,10,15H,5-9H2,(H2,14,16);1-4,10,13H,5-9H2;6*1H. The topological polar surface area (TPSA) is 404 Å².